The second-order valence-corrected chi connectivity index (χ2v) is 7.05. The molecule has 0 saturated carbocycles. The number of rotatable bonds is 5. The molecule has 2 heterocycles. The molecule has 3 rings (SSSR count). The van der Waals surface area contributed by atoms with E-state index in [0.29, 0.717) is 5.75 Å². The van der Waals surface area contributed by atoms with E-state index in [9.17, 15) is 10.1 Å². The molecular formula is C18H28N4O3. The van der Waals surface area contributed by atoms with Gasteiger partial charge in [-0.05, 0) is 44.3 Å². The van der Waals surface area contributed by atoms with Crippen LogP contribution in [-0.2, 0) is 0 Å². The average molecular weight is 348 g/mol. The molecule has 25 heavy (non-hydrogen) atoms. The molecule has 2 aliphatic heterocycles. The number of nitro groups is 1. The van der Waals surface area contributed by atoms with Crippen molar-refractivity contribution in [2.45, 2.75) is 19.8 Å². The predicted molar refractivity (Wildman–Crippen MR) is 98.6 cm³/mol. The zero-order valence-corrected chi connectivity index (χ0v) is 15.2. The molecule has 0 spiro atoms. The molecule has 138 valence electrons. The molecule has 0 radical (unpaired) electrons. The second-order valence-electron chi connectivity index (χ2n) is 7.05. The number of nitrogens with one attached hydrogen (secondary N) is 1. The number of nitrogens with zero attached hydrogens (tertiary/aromatic N) is 3. The summed E-state index contributed by atoms with van der Waals surface area (Å²) in [6.07, 6.45) is 2.55. The fraction of sp³-hybridized carbons (Fsp3) is 0.667. The van der Waals surface area contributed by atoms with Crippen molar-refractivity contribution in [2.24, 2.45) is 5.92 Å². The lowest BCUT2D eigenvalue weighted by Gasteiger charge is -2.39. The minimum atomic E-state index is -0.382. The Hall–Kier alpha value is -1.86. The van der Waals surface area contributed by atoms with Crippen molar-refractivity contribution in [1.82, 2.24) is 10.2 Å². The highest BCUT2D eigenvalue weighted by Gasteiger charge is 2.24. The number of hydrogen-bond acceptors (Lipinski definition) is 6. The Morgan fingerprint density at radius 1 is 1.24 bits per heavy atom. The van der Waals surface area contributed by atoms with Crippen molar-refractivity contribution in [2.75, 3.05) is 57.8 Å². The summed E-state index contributed by atoms with van der Waals surface area (Å²) in [5, 5.41) is 14.6. The maximum absolute atomic E-state index is 11.2. The highest BCUT2D eigenvalue weighted by Crippen LogP contribution is 2.35. The molecule has 1 N–H and O–H groups in total. The Morgan fingerprint density at radius 2 is 1.92 bits per heavy atom. The average Bonchev–Trinajstić information content (AvgIpc) is 2.63. The Morgan fingerprint density at radius 3 is 2.52 bits per heavy atom. The van der Waals surface area contributed by atoms with Crippen molar-refractivity contribution in [3.05, 3.63) is 27.8 Å². The van der Waals surface area contributed by atoms with Crippen LogP contribution in [0.2, 0.25) is 0 Å². The lowest BCUT2D eigenvalue weighted by molar-refractivity contribution is -0.385. The van der Waals surface area contributed by atoms with Crippen LogP contribution >= 0.6 is 0 Å². The lowest BCUT2D eigenvalue weighted by Crippen LogP contribution is -2.48. The molecule has 0 amide bonds. The molecular weight excluding hydrogens is 320 g/mol. The van der Waals surface area contributed by atoms with Gasteiger partial charge in [0, 0.05) is 50.5 Å². The van der Waals surface area contributed by atoms with E-state index < -0.39 is 0 Å². The minimum absolute atomic E-state index is 0.0355. The number of aryl methyl sites for hydroxylation is 1. The topological polar surface area (TPSA) is 70.9 Å². The predicted octanol–water partition coefficient (Wildman–Crippen LogP) is 2.03. The summed E-state index contributed by atoms with van der Waals surface area (Å²) in [5.41, 5.74) is 2.01. The van der Waals surface area contributed by atoms with E-state index in [0.717, 1.165) is 56.4 Å². The first-order chi connectivity index (χ1) is 12.1. The zero-order chi connectivity index (χ0) is 17.8. The maximum atomic E-state index is 11.2. The molecule has 0 atom stereocenters. The van der Waals surface area contributed by atoms with Crippen LogP contribution in [0.5, 0.6) is 5.75 Å². The van der Waals surface area contributed by atoms with Crippen LogP contribution in [0.25, 0.3) is 0 Å². The number of anilines is 1. The summed E-state index contributed by atoms with van der Waals surface area (Å²) in [6.45, 7) is 9.41. The van der Waals surface area contributed by atoms with Gasteiger partial charge in [-0.3, -0.25) is 15.0 Å². The van der Waals surface area contributed by atoms with Gasteiger partial charge >= 0.3 is 5.69 Å². The Bertz CT molecular complexity index is 609. The number of benzene rings is 1. The smallest absolute Gasteiger partial charge is 0.311 e. The van der Waals surface area contributed by atoms with Gasteiger partial charge in [0.2, 0.25) is 0 Å². The molecule has 1 aromatic carbocycles. The van der Waals surface area contributed by atoms with Crippen molar-refractivity contribution < 1.29 is 9.66 Å². The standard InChI is InChI=1S/C18H28N4O3/c1-14-11-17(22(23)24)18(25-2)12-16(14)21-9-7-20(8-10-21)13-15-3-5-19-6-4-15/h11-12,15,19H,3-10,13H2,1-2H3. The summed E-state index contributed by atoms with van der Waals surface area (Å²) in [5.74, 6) is 1.15. The number of methoxy groups -OCH3 is 1. The molecule has 0 bridgehead atoms. The third kappa shape index (κ3) is 4.22. The van der Waals surface area contributed by atoms with Crippen molar-refractivity contribution >= 4 is 11.4 Å². The first-order valence-corrected chi connectivity index (χ1v) is 9.09. The van der Waals surface area contributed by atoms with Gasteiger partial charge < -0.3 is 15.0 Å². The van der Waals surface area contributed by atoms with Crippen molar-refractivity contribution in [3.8, 4) is 5.75 Å². The Balaban J connectivity index is 1.63. The summed E-state index contributed by atoms with van der Waals surface area (Å²) in [4.78, 5) is 15.7. The fourth-order valence-electron chi connectivity index (χ4n) is 3.91. The quantitative estimate of drug-likeness (QED) is 0.649. The number of piperazine rings is 1. The van der Waals surface area contributed by atoms with Crippen LogP contribution in [-0.4, -0.2) is 62.7 Å². The normalized spacial score (nSPS) is 19.8. The van der Waals surface area contributed by atoms with E-state index in [-0.39, 0.29) is 10.6 Å². The van der Waals surface area contributed by atoms with E-state index in [1.807, 2.05) is 13.0 Å². The van der Waals surface area contributed by atoms with Gasteiger partial charge in [0.05, 0.1) is 12.0 Å². The van der Waals surface area contributed by atoms with Crippen LogP contribution in [0.1, 0.15) is 18.4 Å². The monoisotopic (exact) mass is 348 g/mol. The lowest BCUT2D eigenvalue weighted by atomic mass is 9.97. The second kappa shape index (κ2) is 8.01. The van der Waals surface area contributed by atoms with Gasteiger partial charge in [0.25, 0.3) is 0 Å². The van der Waals surface area contributed by atoms with Crippen molar-refractivity contribution in [1.29, 1.82) is 0 Å². The van der Waals surface area contributed by atoms with Gasteiger partial charge in [-0.1, -0.05) is 0 Å². The number of hydrogen-bond donors (Lipinski definition) is 1. The third-order valence-electron chi connectivity index (χ3n) is 5.38. The van der Waals surface area contributed by atoms with Crippen LogP contribution in [0.3, 0.4) is 0 Å². The van der Waals surface area contributed by atoms with E-state index in [4.69, 9.17) is 4.74 Å². The number of ether oxygens (including phenoxy) is 1. The highest BCUT2D eigenvalue weighted by atomic mass is 16.6. The Labute approximate surface area is 149 Å². The summed E-state index contributed by atoms with van der Waals surface area (Å²) in [7, 11) is 1.48. The van der Waals surface area contributed by atoms with Gasteiger partial charge in [-0.15, -0.1) is 0 Å². The van der Waals surface area contributed by atoms with Crippen LogP contribution in [0.15, 0.2) is 12.1 Å². The van der Waals surface area contributed by atoms with Gasteiger partial charge in [0.15, 0.2) is 5.75 Å². The molecule has 0 aliphatic carbocycles. The summed E-state index contributed by atoms with van der Waals surface area (Å²) >= 11 is 0. The van der Waals surface area contributed by atoms with E-state index in [1.165, 1.54) is 26.5 Å². The van der Waals surface area contributed by atoms with E-state index in [2.05, 4.69) is 15.1 Å². The van der Waals surface area contributed by atoms with Crippen molar-refractivity contribution in [3.63, 3.8) is 0 Å². The summed E-state index contributed by atoms with van der Waals surface area (Å²) < 4.78 is 5.23. The van der Waals surface area contributed by atoms with Crippen LogP contribution < -0.4 is 15.0 Å². The molecule has 1 aromatic rings. The Kier molecular flexibility index (Phi) is 5.75. The van der Waals surface area contributed by atoms with E-state index >= 15 is 0 Å². The number of piperidine rings is 1. The van der Waals surface area contributed by atoms with Gasteiger partial charge in [-0.25, -0.2) is 0 Å². The first kappa shape index (κ1) is 17.9. The van der Waals surface area contributed by atoms with Gasteiger partial charge in [0.1, 0.15) is 0 Å². The molecule has 2 saturated heterocycles. The zero-order valence-electron chi connectivity index (χ0n) is 15.2. The molecule has 7 heteroatoms. The minimum Gasteiger partial charge on any atom is -0.490 e. The van der Waals surface area contributed by atoms with Gasteiger partial charge in [-0.2, -0.15) is 0 Å². The molecule has 0 aromatic heterocycles. The fourth-order valence-corrected chi connectivity index (χ4v) is 3.91. The SMILES string of the molecule is COc1cc(N2CCN(CC3CCNCC3)CC2)c(C)cc1[N+](=O)[O-]. The van der Waals surface area contributed by atoms with Crippen LogP contribution in [0.4, 0.5) is 11.4 Å². The molecule has 0 unspecified atom stereocenters. The molecule has 7 nitrogen and oxygen atoms in total. The largest absolute Gasteiger partial charge is 0.490 e. The maximum Gasteiger partial charge on any atom is 0.311 e. The highest BCUT2D eigenvalue weighted by molar-refractivity contribution is 5.64. The summed E-state index contributed by atoms with van der Waals surface area (Å²) in [6, 6.07) is 3.44. The third-order valence-corrected chi connectivity index (χ3v) is 5.38. The number of nitro benzene ring substituents is 1. The molecule has 2 aliphatic rings. The molecule has 2 fully saturated rings. The van der Waals surface area contributed by atoms with E-state index in [1.54, 1.807) is 6.07 Å². The van der Waals surface area contributed by atoms with Crippen LogP contribution in [0, 0.1) is 23.0 Å². The first-order valence-electron chi connectivity index (χ1n) is 9.09.